The zero-order valence-corrected chi connectivity index (χ0v) is 10.4. The number of alkyl halides is 2. The average Bonchev–Trinajstić information content (AvgIpc) is 2.41. The molecule has 0 aromatic heterocycles. The highest BCUT2D eigenvalue weighted by molar-refractivity contribution is 5.58. The smallest absolute Gasteiger partial charge is 0.265 e. The molecule has 2 aromatic rings. The van der Waals surface area contributed by atoms with Crippen LogP contribution >= 0.6 is 0 Å². The summed E-state index contributed by atoms with van der Waals surface area (Å²) < 4.78 is 25.7. The van der Waals surface area contributed by atoms with Crippen LogP contribution in [0.25, 0.3) is 0 Å². The summed E-state index contributed by atoms with van der Waals surface area (Å²) in [5.74, 6) is 0. The first-order chi connectivity index (χ1) is 9.16. The van der Waals surface area contributed by atoms with Gasteiger partial charge in [0.25, 0.3) is 6.43 Å². The van der Waals surface area contributed by atoms with Gasteiger partial charge in [0, 0.05) is 23.5 Å². The molecule has 0 spiro atoms. The van der Waals surface area contributed by atoms with Gasteiger partial charge in [-0.3, -0.25) is 0 Å². The largest absolute Gasteiger partial charge is 0.399 e. The summed E-state index contributed by atoms with van der Waals surface area (Å²) in [6.07, 6.45) is -1.74. The van der Waals surface area contributed by atoms with Crippen LogP contribution in [0.3, 0.4) is 0 Å². The molecule has 2 aromatic carbocycles. The molecule has 0 unspecified atom stereocenters. The molecular formula is C15H16F2N2. The summed E-state index contributed by atoms with van der Waals surface area (Å²) in [6.45, 7) is 0.605. The van der Waals surface area contributed by atoms with Crippen LogP contribution in [-0.4, -0.2) is 6.54 Å². The molecule has 0 aliphatic carbocycles. The van der Waals surface area contributed by atoms with Crippen molar-refractivity contribution in [2.24, 2.45) is 0 Å². The molecule has 0 aliphatic rings. The molecule has 19 heavy (non-hydrogen) atoms. The molecule has 0 heterocycles. The van der Waals surface area contributed by atoms with Gasteiger partial charge in [0.15, 0.2) is 0 Å². The second-order valence-electron chi connectivity index (χ2n) is 4.31. The van der Waals surface area contributed by atoms with Crippen LogP contribution < -0.4 is 11.1 Å². The maximum absolute atomic E-state index is 12.9. The van der Waals surface area contributed by atoms with Crippen LogP contribution in [0.4, 0.5) is 20.2 Å². The van der Waals surface area contributed by atoms with E-state index in [2.05, 4.69) is 5.32 Å². The maximum atomic E-state index is 12.9. The third-order valence-electron chi connectivity index (χ3n) is 2.88. The number of rotatable bonds is 5. The van der Waals surface area contributed by atoms with E-state index in [1.807, 2.05) is 30.3 Å². The highest BCUT2D eigenvalue weighted by Gasteiger charge is 2.12. The highest BCUT2D eigenvalue weighted by atomic mass is 19.3. The first-order valence-corrected chi connectivity index (χ1v) is 6.12. The molecule has 100 valence electrons. The lowest BCUT2D eigenvalue weighted by Gasteiger charge is -2.12. The topological polar surface area (TPSA) is 38.0 Å². The number of nitrogen functional groups attached to an aromatic ring is 1. The number of hydrogen-bond acceptors (Lipinski definition) is 2. The minimum absolute atomic E-state index is 0.0481. The van der Waals surface area contributed by atoms with Crippen molar-refractivity contribution in [3.63, 3.8) is 0 Å². The molecule has 0 saturated heterocycles. The summed E-state index contributed by atoms with van der Waals surface area (Å²) >= 11 is 0. The quantitative estimate of drug-likeness (QED) is 0.803. The van der Waals surface area contributed by atoms with Gasteiger partial charge in [0.05, 0.1) is 0 Å². The van der Waals surface area contributed by atoms with Crippen LogP contribution in [0.1, 0.15) is 17.6 Å². The Balaban J connectivity index is 2.00. The van der Waals surface area contributed by atoms with Crippen LogP contribution in [0.2, 0.25) is 0 Å². The third-order valence-corrected chi connectivity index (χ3v) is 2.88. The van der Waals surface area contributed by atoms with Crippen molar-refractivity contribution in [2.45, 2.75) is 12.8 Å². The molecule has 0 amide bonds. The second kappa shape index (κ2) is 6.18. The minimum atomic E-state index is -2.53. The van der Waals surface area contributed by atoms with Crippen molar-refractivity contribution < 1.29 is 8.78 Å². The molecule has 2 nitrogen and oxygen atoms in total. The molecule has 2 rings (SSSR count). The molecule has 0 bridgehead atoms. The van der Waals surface area contributed by atoms with E-state index < -0.39 is 6.43 Å². The number of anilines is 2. The molecule has 0 saturated carbocycles. The van der Waals surface area contributed by atoms with Gasteiger partial charge >= 0.3 is 0 Å². The van der Waals surface area contributed by atoms with Crippen molar-refractivity contribution in [1.82, 2.24) is 0 Å². The second-order valence-corrected chi connectivity index (χ2v) is 4.31. The van der Waals surface area contributed by atoms with Crippen molar-refractivity contribution in [3.05, 3.63) is 59.7 Å². The predicted octanol–water partition coefficient (Wildman–Crippen LogP) is 3.86. The minimum Gasteiger partial charge on any atom is -0.399 e. The average molecular weight is 262 g/mol. The van der Waals surface area contributed by atoms with Crippen LogP contribution in [0.5, 0.6) is 0 Å². The fourth-order valence-corrected chi connectivity index (χ4v) is 1.91. The summed E-state index contributed by atoms with van der Waals surface area (Å²) in [6, 6.07) is 14.4. The van der Waals surface area contributed by atoms with Crippen molar-refractivity contribution in [3.8, 4) is 0 Å². The molecule has 4 heteroatoms. The Bertz CT molecular complexity index is 527. The van der Waals surface area contributed by atoms with Gasteiger partial charge in [-0.15, -0.1) is 0 Å². The molecule has 0 aliphatic heterocycles. The monoisotopic (exact) mass is 262 g/mol. The van der Waals surface area contributed by atoms with E-state index in [-0.39, 0.29) is 5.56 Å². The Morgan fingerprint density at radius 1 is 1.05 bits per heavy atom. The van der Waals surface area contributed by atoms with Crippen molar-refractivity contribution in [2.75, 3.05) is 17.6 Å². The lowest BCUT2D eigenvalue weighted by molar-refractivity contribution is 0.152. The van der Waals surface area contributed by atoms with Crippen LogP contribution in [-0.2, 0) is 6.42 Å². The van der Waals surface area contributed by atoms with Gasteiger partial charge in [-0.05, 0) is 30.2 Å². The standard InChI is InChI=1S/C15H16F2N2/c16-15(17)13-10-12(18)6-7-14(13)19-9-8-11-4-2-1-3-5-11/h1-7,10,15,19H,8-9,18H2. The summed E-state index contributed by atoms with van der Waals surface area (Å²) in [7, 11) is 0. The fraction of sp³-hybridized carbons (Fsp3) is 0.200. The Morgan fingerprint density at radius 2 is 1.79 bits per heavy atom. The highest BCUT2D eigenvalue weighted by Crippen LogP contribution is 2.28. The lowest BCUT2D eigenvalue weighted by atomic mass is 10.1. The zero-order valence-electron chi connectivity index (χ0n) is 10.4. The van der Waals surface area contributed by atoms with E-state index in [0.29, 0.717) is 17.9 Å². The zero-order chi connectivity index (χ0) is 13.7. The van der Waals surface area contributed by atoms with E-state index in [1.54, 1.807) is 12.1 Å². The maximum Gasteiger partial charge on any atom is 0.265 e. The van der Waals surface area contributed by atoms with E-state index >= 15 is 0 Å². The number of nitrogens with one attached hydrogen (secondary N) is 1. The lowest BCUT2D eigenvalue weighted by Crippen LogP contribution is -2.07. The van der Waals surface area contributed by atoms with Crippen LogP contribution in [0, 0.1) is 0 Å². The first-order valence-electron chi connectivity index (χ1n) is 6.12. The predicted molar refractivity (Wildman–Crippen MR) is 74.4 cm³/mol. The third kappa shape index (κ3) is 3.68. The molecule has 3 N–H and O–H groups in total. The molecule has 0 atom stereocenters. The number of nitrogens with two attached hydrogens (primary N) is 1. The summed E-state index contributed by atoms with van der Waals surface area (Å²) in [5, 5.41) is 3.03. The van der Waals surface area contributed by atoms with Crippen molar-refractivity contribution >= 4 is 11.4 Å². The Kier molecular flexibility index (Phi) is 4.34. The van der Waals surface area contributed by atoms with Gasteiger partial charge in [-0.2, -0.15) is 0 Å². The molecule has 0 radical (unpaired) electrons. The van der Waals surface area contributed by atoms with Gasteiger partial charge in [0.1, 0.15) is 0 Å². The fourth-order valence-electron chi connectivity index (χ4n) is 1.91. The first kappa shape index (κ1) is 13.3. The summed E-state index contributed by atoms with van der Waals surface area (Å²) in [4.78, 5) is 0. The van der Waals surface area contributed by atoms with Crippen molar-refractivity contribution in [1.29, 1.82) is 0 Å². The van der Waals surface area contributed by atoms with Gasteiger partial charge in [0.2, 0.25) is 0 Å². The van der Waals surface area contributed by atoms with E-state index in [0.717, 1.165) is 6.42 Å². The molecule has 0 fully saturated rings. The number of halogens is 2. The van der Waals surface area contributed by atoms with Gasteiger partial charge in [-0.1, -0.05) is 30.3 Å². The molecular weight excluding hydrogens is 246 g/mol. The van der Waals surface area contributed by atoms with E-state index in [4.69, 9.17) is 5.73 Å². The Hall–Kier alpha value is -2.10. The normalized spacial score (nSPS) is 10.7. The Morgan fingerprint density at radius 3 is 2.47 bits per heavy atom. The van der Waals surface area contributed by atoms with E-state index in [9.17, 15) is 8.78 Å². The SMILES string of the molecule is Nc1ccc(NCCc2ccccc2)c(C(F)F)c1. The summed E-state index contributed by atoms with van der Waals surface area (Å²) in [5.41, 5.74) is 7.44. The van der Waals surface area contributed by atoms with E-state index in [1.165, 1.54) is 11.6 Å². The van der Waals surface area contributed by atoms with Gasteiger partial charge in [-0.25, -0.2) is 8.78 Å². The van der Waals surface area contributed by atoms with Gasteiger partial charge < -0.3 is 11.1 Å². The van der Waals surface area contributed by atoms with Crippen LogP contribution in [0.15, 0.2) is 48.5 Å². The number of hydrogen-bond donors (Lipinski definition) is 2. The Labute approximate surface area is 111 Å². The number of benzene rings is 2.